The normalized spacial score (nSPS) is 13.9. The van der Waals surface area contributed by atoms with E-state index in [9.17, 15) is 10.1 Å². The van der Waals surface area contributed by atoms with Crippen LogP contribution >= 0.6 is 11.3 Å². The molecule has 0 unspecified atom stereocenters. The number of morpholine rings is 1. The third-order valence-corrected chi connectivity index (χ3v) is 5.63. The minimum atomic E-state index is -0.420. The van der Waals surface area contributed by atoms with Gasteiger partial charge in [0.25, 0.3) is 5.69 Å². The fraction of sp³-hybridized carbons (Fsp3) is 0.300. The van der Waals surface area contributed by atoms with E-state index >= 15 is 0 Å². The number of ether oxygens (including phenoxy) is 1. The molecule has 0 bridgehead atoms. The molecule has 30 heavy (non-hydrogen) atoms. The van der Waals surface area contributed by atoms with Gasteiger partial charge in [-0.1, -0.05) is 26.0 Å². The number of aromatic nitrogens is 4. The number of hydrogen-bond donors (Lipinski definition) is 0. The number of thiophene rings is 1. The summed E-state index contributed by atoms with van der Waals surface area (Å²) in [5.74, 6) is 1.22. The highest BCUT2D eigenvalue weighted by Gasteiger charge is 2.22. The summed E-state index contributed by atoms with van der Waals surface area (Å²) >= 11 is 1.50. The van der Waals surface area contributed by atoms with Crippen molar-refractivity contribution in [3.05, 3.63) is 46.8 Å². The first-order valence-corrected chi connectivity index (χ1v) is 10.5. The Balaban J connectivity index is 0.00000106. The Morgan fingerprint density at radius 3 is 2.63 bits per heavy atom. The molecule has 5 rings (SSSR count). The highest BCUT2D eigenvalue weighted by molar-refractivity contribution is 7.25. The van der Waals surface area contributed by atoms with Crippen molar-refractivity contribution < 1.29 is 9.66 Å². The molecular formula is C20H20N6O3S. The van der Waals surface area contributed by atoms with Gasteiger partial charge in [0, 0.05) is 43.2 Å². The number of nitrogens with zero attached hydrogens (tertiary/aromatic N) is 6. The van der Waals surface area contributed by atoms with Crippen molar-refractivity contribution in [3.63, 3.8) is 0 Å². The molecule has 10 heteroatoms. The number of fused-ring (bicyclic) bond motifs is 3. The van der Waals surface area contributed by atoms with E-state index in [0.29, 0.717) is 35.6 Å². The van der Waals surface area contributed by atoms with Crippen molar-refractivity contribution in [3.8, 4) is 11.4 Å². The zero-order valence-corrected chi connectivity index (χ0v) is 17.4. The van der Waals surface area contributed by atoms with Crippen LogP contribution in [0, 0.1) is 10.1 Å². The number of nitro benzene ring substituents is 1. The minimum Gasteiger partial charge on any atom is -0.378 e. The zero-order valence-electron chi connectivity index (χ0n) is 16.6. The Kier molecular flexibility index (Phi) is 5.77. The highest BCUT2D eigenvalue weighted by atomic mass is 32.1. The first-order valence-electron chi connectivity index (χ1n) is 9.69. The summed E-state index contributed by atoms with van der Waals surface area (Å²) in [6.45, 7) is 6.68. The minimum absolute atomic E-state index is 0.00378. The van der Waals surface area contributed by atoms with E-state index in [1.807, 2.05) is 13.8 Å². The molecule has 1 aliphatic heterocycles. The van der Waals surface area contributed by atoms with Gasteiger partial charge in [-0.05, 0) is 0 Å². The second-order valence-corrected chi connectivity index (χ2v) is 7.27. The predicted octanol–water partition coefficient (Wildman–Crippen LogP) is 4.07. The zero-order chi connectivity index (χ0) is 21.1. The lowest BCUT2D eigenvalue weighted by atomic mass is 10.2. The maximum absolute atomic E-state index is 11.2. The summed E-state index contributed by atoms with van der Waals surface area (Å²) < 4.78 is 6.38. The third kappa shape index (κ3) is 3.66. The summed E-state index contributed by atoms with van der Waals surface area (Å²) in [5, 5.41) is 11.2. The van der Waals surface area contributed by atoms with Crippen LogP contribution in [0.15, 0.2) is 36.7 Å². The molecule has 1 saturated heterocycles. The molecule has 154 valence electrons. The van der Waals surface area contributed by atoms with Crippen LogP contribution in [0.4, 0.5) is 11.5 Å². The maximum Gasteiger partial charge on any atom is 0.270 e. The summed E-state index contributed by atoms with van der Waals surface area (Å²) in [7, 11) is 0. The summed E-state index contributed by atoms with van der Waals surface area (Å²) in [6, 6.07) is 6.36. The molecule has 0 N–H and O–H groups in total. The van der Waals surface area contributed by atoms with Gasteiger partial charge in [0.15, 0.2) is 11.6 Å². The fourth-order valence-corrected chi connectivity index (χ4v) is 4.29. The van der Waals surface area contributed by atoms with Gasteiger partial charge in [0.2, 0.25) is 0 Å². The first-order chi connectivity index (χ1) is 14.7. The topological polar surface area (TPSA) is 107 Å². The quantitative estimate of drug-likeness (QED) is 0.358. The Labute approximate surface area is 176 Å². The van der Waals surface area contributed by atoms with Gasteiger partial charge in [0.1, 0.15) is 15.9 Å². The summed E-state index contributed by atoms with van der Waals surface area (Å²) in [6.07, 6.45) is 3.29. The largest absolute Gasteiger partial charge is 0.378 e. The standard InChI is InChI=1S/C18H14N6O3S.C2H6/c25-24(26)12-3-1-2-11(10-12)16-21-13-14-18(20-5-4-19-14)28-15(13)17(22-16)23-6-8-27-9-7-23;1-2/h1-5,10H,6-9H2;1-2H3. The van der Waals surface area contributed by atoms with Gasteiger partial charge < -0.3 is 9.64 Å². The Bertz CT molecular complexity index is 1210. The van der Waals surface area contributed by atoms with Crippen molar-refractivity contribution in [2.24, 2.45) is 0 Å². The van der Waals surface area contributed by atoms with Crippen molar-refractivity contribution in [2.75, 3.05) is 31.2 Å². The molecule has 0 spiro atoms. The molecule has 1 aliphatic rings. The molecule has 0 radical (unpaired) electrons. The lowest BCUT2D eigenvalue weighted by Crippen LogP contribution is -2.36. The molecule has 0 aliphatic carbocycles. The van der Waals surface area contributed by atoms with E-state index < -0.39 is 4.92 Å². The van der Waals surface area contributed by atoms with E-state index in [4.69, 9.17) is 14.7 Å². The number of non-ortho nitro benzene ring substituents is 1. The van der Waals surface area contributed by atoms with Crippen molar-refractivity contribution in [1.29, 1.82) is 0 Å². The third-order valence-electron chi connectivity index (χ3n) is 4.56. The lowest BCUT2D eigenvalue weighted by Gasteiger charge is -2.28. The van der Waals surface area contributed by atoms with Gasteiger partial charge >= 0.3 is 0 Å². The van der Waals surface area contributed by atoms with E-state index in [1.165, 1.54) is 23.5 Å². The van der Waals surface area contributed by atoms with Crippen LogP contribution < -0.4 is 4.90 Å². The van der Waals surface area contributed by atoms with Crippen LogP contribution in [0.5, 0.6) is 0 Å². The monoisotopic (exact) mass is 424 g/mol. The van der Waals surface area contributed by atoms with Gasteiger partial charge in [0.05, 0.1) is 22.8 Å². The molecule has 9 nitrogen and oxygen atoms in total. The molecular weight excluding hydrogens is 404 g/mol. The van der Waals surface area contributed by atoms with Crippen LogP contribution in [-0.2, 0) is 4.74 Å². The molecule has 0 atom stereocenters. The molecule has 1 fully saturated rings. The number of anilines is 1. The van der Waals surface area contributed by atoms with E-state index in [-0.39, 0.29) is 5.69 Å². The van der Waals surface area contributed by atoms with Crippen LogP contribution in [-0.4, -0.2) is 51.2 Å². The van der Waals surface area contributed by atoms with Gasteiger partial charge in [-0.2, -0.15) is 0 Å². The van der Waals surface area contributed by atoms with E-state index in [2.05, 4.69) is 14.9 Å². The number of nitro groups is 1. The average molecular weight is 424 g/mol. The number of rotatable bonds is 3. The SMILES string of the molecule is CC.O=[N+]([O-])c1cccc(-c2nc(N3CCOCC3)c3sc4nccnc4c3n2)c1. The van der Waals surface area contributed by atoms with Gasteiger partial charge in [-0.15, -0.1) is 11.3 Å². The Morgan fingerprint density at radius 1 is 1.10 bits per heavy atom. The van der Waals surface area contributed by atoms with E-state index in [0.717, 1.165) is 28.4 Å². The molecule has 1 aromatic carbocycles. The lowest BCUT2D eigenvalue weighted by molar-refractivity contribution is -0.384. The summed E-state index contributed by atoms with van der Waals surface area (Å²) in [4.78, 5) is 32.0. The molecule has 0 saturated carbocycles. The fourth-order valence-electron chi connectivity index (χ4n) is 3.23. The molecule has 4 heterocycles. The van der Waals surface area contributed by atoms with Crippen LogP contribution in [0.25, 0.3) is 32.0 Å². The number of benzene rings is 1. The molecule has 4 aromatic rings. The second kappa shape index (κ2) is 8.64. The van der Waals surface area contributed by atoms with E-state index in [1.54, 1.807) is 24.5 Å². The molecule has 0 amide bonds. The number of hydrogen-bond acceptors (Lipinski definition) is 9. The highest BCUT2D eigenvalue weighted by Crippen LogP contribution is 2.37. The van der Waals surface area contributed by atoms with Crippen LogP contribution in [0.1, 0.15) is 13.8 Å². The Morgan fingerprint density at radius 2 is 1.87 bits per heavy atom. The van der Waals surface area contributed by atoms with Crippen molar-refractivity contribution in [1.82, 2.24) is 19.9 Å². The molecule has 3 aromatic heterocycles. The smallest absolute Gasteiger partial charge is 0.270 e. The second-order valence-electron chi connectivity index (χ2n) is 6.27. The van der Waals surface area contributed by atoms with Crippen molar-refractivity contribution >= 4 is 43.4 Å². The van der Waals surface area contributed by atoms with Crippen molar-refractivity contribution in [2.45, 2.75) is 13.8 Å². The van der Waals surface area contributed by atoms with Crippen LogP contribution in [0.3, 0.4) is 0 Å². The van der Waals surface area contributed by atoms with Gasteiger partial charge in [-0.25, -0.2) is 19.9 Å². The average Bonchev–Trinajstić information content (AvgIpc) is 3.19. The maximum atomic E-state index is 11.2. The van der Waals surface area contributed by atoms with Crippen LogP contribution in [0.2, 0.25) is 0 Å². The first kappa shape index (κ1) is 20.0. The summed E-state index contributed by atoms with van der Waals surface area (Å²) in [5.41, 5.74) is 2.02. The Hall–Kier alpha value is -3.24. The van der Waals surface area contributed by atoms with Gasteiger partial charge in [-0.3, -0.25) is 10.1 Å². The predicted molar refractivity (Wildman–Crippen MR) is 117 cm³/mol.